The number of aliphatic hydroxyl groups is 1. The van der Waals surface area contributed by atoms with Crippen LogP contribution in [0.4, 0.5) is 0 Å². The van der Waals surface area contributed by atoms with E-state index in [9.17, 15) is 5.11 Å². The predicted molar refractivity (Wildman–Crippen MR) is 72.9 cm³/mol. The molecule has 2 heteroatoms. The van der Waals surface area contributed by atoms with E-state index in [1.165, 1.54) is 5.56 Å². The third-order valence-corrected chi connectivity index (χ3v) is 2.91. The van der Waals surface area contributed by atoms with E-state index in [2.05, 4.69) is 0 Å². The maximum atomic E-state index is 9.70. The second-order valence-electron chi connectivity index (χ2n) is 4.41. The molecule has 2 nitrogen and oxygen atoms in total. The van der Waals surface area contributed by atoms with Gasteiger partial charge in [0.05, 0.1) is 6.10 Å². The van der Waals surface area contributed by atoms with Gasteiger partial charge < -0.3 is 9.84 Å². The van der Waals surface area contributed by atoms with Gasteiger partial charge in [-0.15, -0.1) is 0 Å². The third-order valence-electron chi connectivity index (χ3n) is 2.91. The van der Waals surface area contributed by atoms with Crippen molar-refractivity contribution in [2.45, 2.75) is 26.4 Å². The highest BCUT2D eigenvalue weighted by Crippen LogP contribution is 2.24. The molecule has 0 unspecified atom stereocenters. The smallest absolute Gasteiger partial charge is 0.127 e. The number of aliphatic hydroxyl groups excluding tert-OH is 1. The fourth-order valence-corrected chi connectivity index (χ4v) is 1.74. The van der Waals surface area contributed by atoms with Crippen molar-refractivity contribution >= 4 is 0 Å². The van der Waals surface area contributed by atoms with Crippen LogP contribution in [-0.4, -0.2) is 5.11 Å². The zero-order valence-electron chi connectivity index (χ0n) is 10.8. The molecule has 2 rings (SSSR count). The summed E-state index contributed by atoms with van der Waals surface area (Å²) < 4.78 is 5.72. The Bertz CT molecular complexity index is 486. The van der Waals surface area contributed by atoms with E-state index in [1.54, 1.807) is 0 Å². The van der Waals surface area contributed by atoms with E-state index < -0.39 is 6.10 Å². The molecule has 94 valence electrons. The molecule has 0 aliphatic carbocycles. The van der Waals surface area contributed by atoms with Crippen LogP contribution in [0.3, 0.4) is 0 Å². The molecule has 0 aliphatic rings. The number of ether oxygens (including phenoxy) is 1. The summed E-state index contributed by atoms with van der Waals surface area (Å²) in [5.41, 5.74) is 2.14. The fraction of sp³-hybridized carbons (Fsp3) is 0.250. The Balaban J connectivity index is 2.08. The minimum absolute atomic E-state index is 0.390. The van der Waals surface area contributed by atoms with Crippen molar-refractivity contribution in [2.75, 3.05) is 0 Å². The Morgan fingerprint density at radius 1 is 0.944 bits per heavy atom. The second kappa shape index (κ2) is 5.69. The van der Waals surface area contributed by atoms with Gasteiger partial charge in [0, 0.05) is 0 Å². The Morgan fingerprint density at radius 3 is 1.94 bits per heavy atom. The van der Waals surface area contributed by atoms with Crippen molar-refractivity contribution in [1.82, 2.24) is 0 Å². The van der Waals surface area contributed by atoms with E-state index >= 15 is 0 Å². The molecule has 0 aromatic heterocycles. The van der Waals surface area contributed by atoms with Crippen LogP contribution in [0.5, 0.6) is 11.5 Å². The predicted octanol–water partition coefficient (Wildman–Crippen LogP) is 4.23. The zero-order valence-corrected chi connectivity index (χ0v) is 10.8. The lowest BCUT2D eigenvalue weighted by molar-refractivity contribution is 0.173. The summed E-state index contributed by atoms with van der Waals surface area (Å²) in [4.78, 5) is 0. The lowest BCUT2D eigenvalue weighted by Gasteiger charge is -2.10. The van der Waals surface area contributed by atoms with Crippen LogP contribution in [-0.2, 0) is 0 Å². The zero-order chi connectivity index (χ0) is 13.0. The molecule has 18 heavy (non-hydrogen) atoms. The van der Waals surface area contributed by atoms with Crippen molar-refractivity contribution in [3.05, 3.63) is 59.7 Å². The Kier molecular flexibility index (Phi) is 4.00. The van der Waals surface area contributed by atoms with Gasteiger partial charge in [-0.2, -0.15) is 0 Å². The molecule has 0 fully saturated rings. The molecule has 0 saturated carbocycles. The topological polar surface area (TPSA) is 29.5 Å². The van der Waals surface area contributed by atoms with Crippen molar-refractivity contribution in [3.63, 3.8) is 0 Å². The van der Waals surface area contributed by atoms with Gasteiger partial charge in [-0.1, -0.05) is 36.8 Å². The van der Waals surface area contributed by atoms with Gasteiger partial charge in [0.2, 0.25) is 0 Å². The molecule has 1 N–H and O–H groups in total. The highest BCUT2D eigenvalue weighted by Gasteiger charge is 2.04. The lowest BCUT2D eigenvalue weighted by Crippen LogP contribution is -1.94. The molecule has 0 radical (unpaired) electrons. The summed E-state index contributed by atoms with van der Waals surface area (Å²) in [5.74, 6) is 1.61. The summed E-state index contributed by atoms with van der Waals surface area (Å²) in [6, 6.07) is 15.5. The molecular weight excluding hydrogens is 224 g/mol. The highest BCUT2D eigenvalue weighted by molar-refractivity contribution is 5.34. The van der Waals surface area contributed by atoms with Crippen molar-refractivity contribution in [3.8, 4) is 11.5 Å². The molecule has 2 aromatic rings. The van der Waals surface area contributed by atoms with Crippen LogP contribution in [0, 0.1) is 6.92 Å². The summed E-state index contributed by atoms with van der Waals surface area (Å²) in [6.45, 7) is 4.01. The summed E-state index contributed by atoms with van der Waals surface area (Å²) in [6.07, 6.45) is 0.330. The number of benzene rings is 2. The van der Waals surface area contributed by atoms with Gasteiger partial charge in [0.25, 0.3) is 0 Å². The normalized spacial score (nSPS) is 12.2. The third kappa shape index (κ3) is 3.11. The average Bonchev–Trinajstić information content (AvgIpc) is 2.41. The fourth-order valence-electron chi connectivity index (χ4n) is 1.74. The monoisotopic (exact) mass is 242 g/mol. The van der Waals surface area contributed by atoms with Crippen molar-refractivity contribution in [2.24, 2.45) is 0 Å². The van der Waals surface area contributed by atoms with Crippen LogP contribution in [0.15, 0.2) is 48.5 Å². The molecule has 1 atom stereocenters. The number of aryl methyl sites for hydroxylation is 1. The van der Waals surface area contributed by atoms with E-state index in [-0.39, 0.29) is 0 Å². The first kappa shape index (κ1) is 12.7. The minimum atomic E-state index is -0.390. The lowest BCUT2D eigenvalue weighted by atomic mass is 10.1. The maximum absolute atomic E-state index is 9.70. The molecule has 0 bridgehead atoms. The van der Waals surface area contributed by atoms with Crippen LogP contribution < -0.4 is 4.74 Å². The summed E-state index contributed by atoms with van der Waals surface area (Å²) >= 11 is 0. The van der Waals surface area contributed by atoms with Gasteiger partial charge in [0.1, 0.15) is 11.5 Å². The maximum Gasteiger partial charge on any atom is 0.127 e. The molecule has 0 amide bonds. The summed E-state index contributed by atoms with van der Waals surface area (Å²) in [5, 5.41) is 9.70. The molecule has 0 heterocycles. The molecular formula is C16H18O2. The van der Waals surface area contributed by atoms with Gasteiger partial charge in [-0.3, -0.25) is 0 Å². The van der Waals surface area contributed by atoms with Crippen LogP contribution >= 0.6 is 0 Å². The van der Waals surface area contributed by atoms with Gasteiger partial charge in [0.15, 0.2) is 0 Å². The van der Waals surface area contributed by atoms with Crippen molar-refractivity contribution in [1.29, 1.82) is 0 Å². The van der Waals surface area contributed by atoms with Gasteiger partial charge >= 0.3 is 0 Å². The second-order valence-corrected chi connectivity index (χ2v) is 4.41. The highest BCUT2D eigenvalue weighted by atomic mass is 16.5. The number of hydrogen-bond donors (Lipinski definition) is 1. The van der Waals surface area contributed by atoms with Crippen LogP contribution in [0.2, 0.25) is 0 Å². The van der Waals surface area contributed by atoms with Crippen LogP contribution in [0.25, 0.3) is 0 Å². The number of hydrogen-bond acceptors (Lipinski definition) is 2. The largest absolute Gasteiger partial charge is 0.457 e. The first-order valence-corrected chi connectivity index (χ1v) is 6.21. The minimum Gasteiger partial charge on any atom is -0.457 e. The van der Waals surface area contributed by atoms with E-state index in [0.29, 0.717) is 0 Å². The Morgan fingerprint density at radius 2 is 1.44 bits per heavy atom. The van der Waals surface area contributed by atoms with E-state index in [1.807, 2.05) is 62.4 Å². The molecule has 0 saturated heterocycles. The molecule has 0 aliphatic heterocycles. The average molecular weight is 242 g/mol. The Hall–Kier alpha value is -1.80. The first-order chi connectivity index (χ1) is 8.69. The van der Waals surface area contributed by atoms with E-state index in [4.69, 9.17) is 4.74 Å². The number of rotatable bonds is 4. The molecule has 2 aromatic carbocycles. The summed E-state index contributed by atoms with van der Waals surface area (Å²) in [7, 11) is 0. The SMILES string of the molecule is CC[C@H](O)c1ccc(Oc2ccc(C)cc2)cc1. The van der Waals surface area contributed by atoms with Crippen LogP contribution in [0.1, 0.15) is 30.6 Å². The van der Waals surface area contributed by atoms with E-state index in [0.717, 1.165) is 23.5 Å². The van der Waals surface area contributed by atoms with Gasteiger partial charge in [-0.25, -0.2) is 0 Å². The Labute approximate surface area is 108 Å². The molecule has 0 spiro atoms. The quantitative estimate of drug-likeness (QED) is 0.869. The standard InChI is InChI=1S/C16H18O2/c1-3-16(17)13-6-10-15(11-7-13)18-14-8-4-12(2)5-9-14/h4-11,16-17H,3H2,1-2H3/t16-/m0/s1. The van der Waals surface area contributed by atoms with Crippen molar-refractivity contribution < 1.29 is 9.84 Å². The van der Waals surface area contributed by atoms with Gasteiger partial charge in [-0.05, 0) is 43.2 Å². The first-order valence-electron chi connectivity index (χ1n) is 6.21.